The highest BCUT2D eigenvalue weighted by Crippen LogP contribution is 2.39. The first kappa shape index (κ1) is 30.5. The Labute approximate surface area is 240 Å². The maximum absolute atomic E-state index is 13.6. The van der Waals surface area contributed by atoms with Gasteiger partial charge in [0.15, 0.2) is 5.82 Å². The molecule has 222 valence electrons. The summed E-state index contributed by atoms with van der Waals surface area (Å²) in [5.74, 6) is -1.11. The van der Waals surface area contributed by atoms with Crippen LogP contribution in [-0.4, -0.2) is 94.8 Å². The normalized spacial score (nSPS) is 13.6. The monoisotopic (exact) mass is 599 g/mol. The number of carbonyl (C=O) groups is 3. The van der Waals surface area contributed by atoms with Crippen LogP contribution in [0.4, 0.5) is 0 Å². The van der Waals surface area contributed by atoms with E-state index in [0.29, 0.717) is 11.4 Å². The third-order valence-electron chi connectivity index (χ3n) is 6.56. The van der Waals surface area contributed by atoms with Gasteiger partial charge in [0, 0.05) is 37.9 Å². The highest BCUT2D eigenvalue weighted by atomic mass is 31.2. The zero-order valence-electron chi connectivity index (χ0n) is 22.1. The topological polar surface area (TPSA) is 182 Å². The molecule has 0 saturated carbocycles. The molecule has 2 amide bonds. The van der Waals surface area contributed by atoms with Gasteiger partial charge in [-0.1, -0.05) is 25.6 Å². The Hall–Kier alpha value is -4.43. The van der Waals surface area contributed by atoms with Gasteiger partial charge in [0.05, 0.1) is 24.3 Å². The Balaban J connectivity index is 0.00000405. The fourth-order valence-corrected chi connectivity index (χ4v) is 4.88. The SMILES string of the molecule is C.COc1cnc(-n2cnc(C)n2)c2c1c(C(=O)C(=O)N1CCN(C(=O)c3ccccc3)CC1)cn2COP(=O)(O)O. The number of phosphoric ester groups is 1. The number of fused-ring (bicyclic) bond motifs is 1. The molecule has 0 bridgehead atoms. The number of aromatic nitrogens is 5. The van der Waals surface area contributed by atoms with Crippen molar-refractivity contribution >= 4 is 36.3 Å². The number of phosphoric acid groups is 1. The van der Waals surface area contributed by atoms with Gasteiger partial charge in [0.1, 0.15) is 30.1 Å². The van der Waals surface area contributed by atoms with E-state index in [1.54, 1.807) is 36.1 Å². The first-order valence-corrected chi connectivity index (χ1v) is 13.9. The molecular weight excluding hydrogens is 569 g/mol. The minimum atomic E-state index is -4.90. The second kappa shape index (κ2) is 12.2. The van der Waals surface area contributed by atoms with Gasteiger partial charge in [-0.2, -0.15) is 5.10 Å². The fourth-order valence-electron chi connectivity index (χ4n) is 4.61. The number of piperazine rings is 1. The van der Waals surface area contributed by atoms with Crippen molar-refractivity contribution in [2.45, 2.75) is 21.1 Å². The Morgan fingerprint density at radius 1 is 1.02 bits per heavy atom. The number of carbonyl (C=O) groups excluding carboxylic acids is 3. The molecule has 1 aromatic carbocycles. The van der Waals surface area contributed by atoms with Crippen molar-refractivity contribution in [2.24, 2.45) is 0 Å². The summed E-state index contributed by atoms with van der Waals surface area (Å²) in [6.45, 7) is 1.77. The van der Waals surface area contributed by atoms with E-state index in [4.69, 9.17) is 9.26 Å². The highest BCUT2D eigenvalue weighted by Gasteiger charge is 2.33. The number of amides is 2. The number of hydrogen-bond acceptors (Lipinski definition) is 9. The molecule has 15 nitrogen and oxygen atoms in total. The summed E-state index contributed by atoms with van der Waals surface area (Å²) in [6.07, 6.45) is 3.99. The van der Waals surface area contributed by atoms with Gasteiger partial charge < -0.3 is 28.9 Å². The first-order chi connectivity index (χ1) is 19.6. The van der Waals surface area contributed by atoms with E-state index in [2.05, 4.69) is 15.1 Å². The largest absolute Gasteiger partial charge is 0.494 e. The van der Waals surface area contributed by atoms with Crippen LogP contribution in [0.15, 0.2) is 49.1 Å². The van der Waals surface area contributed by atoms with Crippen molar-refractivity contribution in [3.63, 3.8) is 0 Å². The average Bonchev–Trinajstić information content (AvgIpc) is 3.58. The number of hydrogen-bond donors (Lipinski definition) is 2. The molecule has 0 atom stereocenters. The lowest BCUT2D eigenvalue weighted by molar-refractivity contribution is -0.127. The third kappa shape index (κ3) is 6.09. The number of ether oxygens (including phenoxy) is 1. The summed E-state index contributed by atoms with van der Waals surface area (Å²) in [4.78, 5) is 69.8. The molecule has 4 heterocycles. The van der Waals surface area contributed by atoms with E-state index in [0.717, 1.165) is 0 Å². The van der Waals surface area contributed by atoms with Crippen molar-refractivity contribution in [1.82, 2.24) is 34.1 Å². The number of aryl methyl sites for hydroxylation is 1. The number of rotatable bonds is 8. The lowest BCUT2D eigenvalue weighted by Gasteiger charge is -2.34. The van der Waals surface area contributed by atoms with Crippen LogP contribution < -0.4 is 4.74 Å². The van der Waals surface area contributed by atoms with Gasteiger partial charge in [0.25, 0.3) is 17.6 Å². The Morgan fingerprint density at radius 3 is 2.29 bits per heavy atom. The molecule has 42 heavy (non-hydrogen) atoms. The molecule has 4 aromatic rings. The molecule has 0 radical (unpaired) electrons. The van der Waals surface area contributed by atoms with Gasteiger partial charge in [0.2, 0.25) is 0 Å². The minimum Gasteiger partial charge on any atom is -0.494 e. The zero-order chi connectivity index (χ0) is 29.3. The van der Waals surface area contributed by atoms with Crippen LogP contribution in [0.25, 0.3) is 16.7 Å². The standard InChI is InChI=1S/C25H26N7O8P.CH4/c1-16-27-14-32(28-16)23-21-20(19(39-2)12-26-23)18(13-31(21)15-40-41(36,37)38)22(33)25(35)30-10-8-29(9-11-30)24(34)17-6-4-3-5-7-17;/h3-7,12-14H,8-11,15H2,1-2H3,(H2,36,37,38);1H4. The summed E-state index contributed by atoms with van der Waals surface area (Å²) < 4.78 is 24.2. The van der Waals surface area contributed by atoms with Crippen LogP contribution in [0, 0.1) is 6.92 Å². The van der Waals surface area contributed by atoms with E-state index < -0.39 is 26.2 Å². The molecule has 1 aliphatic heterocycles. The molecule has 5 rings (SSSR count). The molecule has 2 N–H and O–H groups in total. The maximum atomic E-state index is 13.6. The Morgan fingerprint density at radius 2 is 1.69 bits per heavy atom. The van der Waals surface area contributed by atoms with Gasteiger partial charge >= 0.3 is 7.82 Å². The van der Waals surface area contributed by atoms with Crippen LogP contribution >= 0.6 is 7.82 Å². The Bertz CT molecular complexity index is 1670. The summed E-state index contributed by atoms with van der Waals surface area (Å²) in [7, 11) is -3.54. The average molecular weight is 600 g/mol. The van der Waals surface area contributed by atoms with Crippen molar-refractivity contribution < 1.29 is 38.0 Å². The smallest absolute Gasteiger partial charge is 0.471 e. The third-order valence-corrected chi connectivity index (χ3v) is 7.01. The van der Waals surface area contributed by atoms with Crippen LogP contribution in [-0.2, 0) is 20.6 Å². The quantitative estimate of drug-likeness (QED) is 0.171. The maximum Gasteiger partial charge on any atom is 0.471 e. The van der Waals surface area contributed by atoms with E-state index in [-0.39, 0.29) is 67.5 Å². The van der Waals surface area contributed by atoms with E-state index in [1.165, 1.54) is 40.0 Å². The second-order valence-electron chi connectivity index (χ2n) is 9.15. The molecule has 1 aliphatic rings. The van der Waals surface area contributed by atoms with Gasteiger partial charge in [-0.15, -0.1) is 0 Å². The number of methoxy groups -OCH3 is 1. The number of nitrogens with zero attached hydrogens (tertiary/aromatic N) is 7. The second-order valence-corrected chi connectivity index (χ2v) is 10.4. The van der Waals surface area contributed by atoms with Crippen molar-refractivity contribution in [2.75, 3.05) is 33.3 Å². The fraction of sp³-hybridized carbons (Fsp3) is 0.308. The molecule has 0 unspecified atom stereocenters. The molecular formula is C26H30N7O8P. The van der Waals surface area contributed by atoms with Crippen molar-refractivity contribution in [3.05, 3.63) is 66.0 Å². The van der Waals surface area contributed by atoms with Gasteiger partial charge in [-0.05, 0) is 19.1 Å². The van der Waals surface area contributed by atoms with Crippen LogP contribution in [0.1, 0.15) is 34.0 Å². The number of Topliss-reactive ketones (excluding diaryl/α,β-unsaturated/α-hetero) is 1. The minimum absolute atomic E-state index is 0. The molecule has 1 fully saturated rings. The first-order valence-electron chi connectivity index (χ1n) is 12.4. The molecule has 1 saturated heterocycles. The van der Waals surface area contributed by atoms with Crippen LogP contribution in [0.2, 0.25) is 0 Å². The number of pyridine rings is 1. The number of benzene rings is 1. The van der Waals surface area contributed by atoms with Gasteiger partial charge in [-0.25, -0.2) is 19.2 Å². The van der Waals surface area contributed by atoms with Crippen molar-refractivity contribution in [1.29, 1.82) is 0 Å². The zero-order valence-corrected chi connectivity index (χ0v) is 23.0. The number of ketones is 1. The summed E-state index contributed by atoms with van der Waals surface area (Å²) in [5, 5.41) is 4.42. The predicted molar refractivity (Wildman–Crippen MR) is 149 cm³/mol. The molecule has 16 heteroatoms. The van der Waals surface area contributed by atoms with Crippen molar-refractivity contribution in [3.8, 4) is 11.6 Å². The highest BCUT2D eigenvalue weighted by molar-refractivity contribution is 7.46. The van der Waals surface area contributed by atoms with E-state index >= 15 is 0 Å². The molecule has 3 aromatic heterocycles. The van der Waals surface area contributed by atoms with Crippen LogP contribution in [0.5, 0.6) is 5.75 Å². The lowest BCUT2D eigenvalue weighted by Crippen LogP contribution is -2.52. The predicted octanol–water partition coefficient (Wildman–Crippen LogP) is 1.80. The summed E-state index contributed by atoms with van der Waals surface area (Å²) in [5.41, 5.74) is 0.629. The Kier molecular flexibility index (Phi) is 8.87. The molecule has 0 aliphatic carbocycles. The lowest BCUT2D eigenvalue weighted by atomic mass is 10.1. The molecule has 0 spiro atoms. The van der Waals surface area contributed by atoms with Gasteiger partial charge in [-0.3, -0.25) is 18.9 Å². The summed E-state index contributed by atoms with van der Waals surface area (Å²) >= 11 is 0. The summed E-state index contributed by atoms with van der Waals surface area (Å²) in [6, 6.07) is 8.78. The van der Waals surface area contributed by atoms with E-state index in [9.17, 15) is 28.7 Å². The van der Waals surface area contributed by atoms with Crippen LogP contribution in [0.3, 0.4) is 0 Å². The van der Waals surface area contributed by atoms with E-state index in [1.807, 2.05) is 6.07 Å².